The van der Waals surface area contributed by atoms with Gasteiger partial charge in [-0.2, -0.15) is 0 Å². The number of carbonyl (C=O) groups is 2. The number of thioether (sulfide) groups is 1. The topological polar surface area (TPSA) is 74.6 Å². The van der Waals surface area contributed by atoms with Crippen LogP contribution in [-0.2, 0) is 9.59 Å². The molecule has 62 valence electrons. The first-order valence-corrected chi connectivity index (χ1v) is 4.09. The first kappa shape index (κ1) is 8.39. The van der Waals surface area contributed by atoms with Gasteiger partial charge in [0.15, 0.2) is 0 Å². The first-order chi connectivity index (χ1) is 5.00. The average molecular weight is 176 g/mol. The van der Waals surface area contributed by atoms with Crippen LogP contribution in [0.15, 0.2) is 0 Å². The van der Waals surface area contributed by atoms with Crippen molar-refractivity contribution in [2.75, 3.05) is 5.75 Å². The minimum Gasteiger partial charge on any atom is -0.481 e. The second kappa shape index (κ2) is 2.41. The summed E-state index contributed by atoms with van der Waals surface area (Å²) in [7, 11) is 0. The Bertz CT molecular complexity index is 209. The zero-order valence-electron chi connectivity index (χ0n) is 5.90. The van der Waals surface area contributed by atoms with Gasteiger partial charge in [0.2, 0.25) is 0 Å². The number of carboxylic acid groups (broad SMARTS) is 2. The van der Waals surface area contributed by atoms with Gasteiger partial charge in [-0.1, -0.05) is 0 Å². The summed E-state index contributed by atoms with van der Waals surface area (Å²) < 4.78 is -1.04. The fourth-order valence-corrected chi connectivity index (χ4v) is 1.84. The molecule has 1 saturated heterocycles. The van der Waals surface area contributed by atoms with Crippen molar-refractivity contribution < 1.29 is 19.8 Å². The van der Waals surface area contributed by atoms with E-state index < -0.39 is 22.6 Å². The predicted molar refractivity (Wildman–Crippen MR) is 39.6 cm³/mol. The van der Waals surface area contributed by atoms with E-state index in [2.05, 4.69) is 0 Å². The van der Waals surface area contributed by atoms with Crippen LogP contribution in [0.25, 0.3) is 0 Å². The standard InChI is InChI=1S/C6H8O4S/c1-3(4(7)8)6(2-11-6)5(9)10/h3H,2H2,1H3,(H,7,8)(H,9,10). The van der Waals surface area contributed by atoms with Crippen LogP contribution in [0.2, 0.25) is 0 Å². The number of hydrogen-bond acceptors (Lipinski definition) is 3. The number of rotatable bonds is 3. The molecule has 4 nitrogen and oxygen atoms in total. The molecule has 2 atom stereocenters. The maximum Gasteiger partial charge on any atom is 0.321 e. The van der Waals surface area contributed by atoms with E-state index in [9.17, 15) is 9.59 Å². The van der Waals surface area contributed by atoms with Crippen LogP contribution in [0.4, 0.5) is 0 Å². The van der Waals surface area contributed by atoms with Crippen LogP contribution in [0.5, 0.6) is 0 Å². The third-order valence-corrected chi connectivity index (χ3v) is 3.33. The Hall–Kier alpha value is -0.710. The van der Waals surface area contributed by atoms with Crippen molar-refractivity contribution in [2.24, 2.45) is 5.92 Å². The van der Waals surface area contributed by atoms with E-state index in [1.165, 1.54) is 18.7 Å². The highest BCUT2D eigenvalue weighted by Crippen LogP contribution is 2.50. The van der Waals surface area contributed by atoms with E-state index in [0.717, 1.165) is 0 Å². The van der Waals surface area contributed by atoms with Gasteiger partial charge in [0.1, 0.15) is 4.75 Å². The van der Waals surface area contributed by atoms with Gasteiger partial charge < -0.3 is 10.2 Å². The van der Waals surface area contributed by atoms with Crippen molar-refractivity contribution in [1.29, 1.82) is 0 Å². The Kier molecular flexibility index (Phi) is 1.83. The van der Waals surface area contributed by atoms with Crippen molar-refractivity contribution in [1.82, 2.24) is 0 Å². The summed E-state index contributed by atoms with van der Waals surface area (Å²) in [5.74, 6) is -2.45. The molecule has 1 heterocycles. The summed E-state index contributed by atoms with van der Waals surface area (Å²) in [5, 5.41) is 17.2. The largest absolute Gasteiger partial charge is 0.481 e. The van der Waals surface area contributed by atoms with Crippen molar-refractivity contribution >= 4 is 23.7 Å². The van der Waals surface area contributed by atoms with Crippen LogP contribution < -0.4 is 0 Å². The second-order valence-electron chi connectivity index (χ2n) is 2.54. The van der Waals surface area contributed by atoms with Gasteiger partial charge in [0.05, 0.1) is 5.92 Å². The number of aliphatic carboxylic acids is 2. The molecule has 0 aliphatic carbocycles. The molecular weight excluding hydrogens is 168 g/mol. The smallest absolute Gasteiger partial charge is 0.321 e. The molecule has 0 aromatic carbocycles. The summed E-state index contributed by atoms with van der Waals surface area (Å²) in [6.07, 6.45) is 0. The van der Waals surface area contributed by atoms with Gasteiger partial charge >= 0.3 is 11.9 Å². The summed E-state index contributed by atoms with van der Waals surface area (Å²) >= 11 is 1.18. The normalized spacial score (nSPS) is 31.0. The third kappa shape index (κ3) is 1.20. The molecule has 0 saturated carbocycles. The lowest BCUT2D eigenvalue weighted by Crippen LogP contribution is -2.35. The van der Waals surface area contributed by atoms with Crippen LogP contribution in [0, 0.1) is 5.92 Å². The Morgan fingerprint density at radius 2 is 2.00 bits per heavy atom. The molecule has 0 spiro atoms. The quantitative estimate of drug-likeness (QED) is 0.604. The first-order valence-electron chi connectivity index (χ1n) is 3.11. The minimum atomic E-state index is -1.04. The molecule has 0 amide bonds. The Labute approximate surface area is 67.6 Å². The lowest BCUT2D eigenvalue weighted by atomic mass is 9.96. The van der Waals surface area contributed by atoms with E-state index in [-0.39, 0.29) is 0 Å². The van der Waals surface area contributed by atoms with Crippen molar-refractivity contribution in [3.05, 3.63) is 0 Å². The van der Waals surface area contributed by atoms with Crippen molar-refractivity contribution in [2.45, 2.75) is 11.7 Å². The molecule has 5 heteroatoms. The van der Waals surface area contributed by atoms with E-state index in [1.807, 2.05) is 0 Å². The molecule has 0 bridgehead atoms. The third-order valence-electron chi connectivity index (χ3n) is 1.89. The second-order valence-corrected chi connectivity index (χ2v) is 3.85. The molecule has 0 aromatic heterocycles. The molecular formula is C6H8O4S. The Morgan fingerprint density at radius 3 is 2.09 bits per heavy atom. The molecule has 2 N–H and O–H groups in total. The molecule has 1 aliphatic rings. The van der Waals surface area contributed by atoms with Crippen molar-refractivity contribution in [3.63, 3.8) is 0 Å². The maximum absolute atomic E-state index is 10.5. The Balaban J connectivity index is 2.73. The van der Waals surface area contributed by atoms with Crippen LogP contribution in [0.3, 0.4) is 0 Å². The van der Waals surface area contributed by atoms with E-state index in [4.69, 9.17) is 10.2 Å². The average Bonchev–Trinajstić information content (AvgIpc) is 2.65. The lowest BCUT2D eigenvalue weighted by molar-refractivity contribution is -0.149. The van der Waals surface area contributed by atoms with Gasteiger partial charge in [-0.15, -0.1) is 11.8 Å². The highest BCUT2D eigenvalue weighted by molar-refractivity contribution is 8.08. The SMILES string of the molecule is CC(C(=O)O)C1(C(=O)O)CS1. The summed E-state index contributed by atoms with van der Waals surface area (Å²) in [6, 6.07) is 0. The summed E-state index contributed by atoms with van der Waals surface area (Å²) in [4.78, 5) is 21.0. The van der Waals surface area contributed by atoms with Gasteiger partial charge in [0, 0.05) is 5.75 Å². The summed E-state index contributed by atoms with van der Waals surface area (Å²) in [6.45, 7) is 1.43. The highest BCUT2D eigenvalue weighted by Gasteiger charge is 2.58. The van der Waals surface area contributed by atoms with Crippen LogP contribution in [0.1, 0.15) is 6.92 Å². The molecule has 0 aromatic rings. The molecule has 1 fully saturated rings. The monoisotopic (exact) mass is 176 g/mol. The lowest BCUT2D eigenvalue weighted by Gasteiger charge is -2.11. The van der Waals surface area contributed by atoms with Gasteiger partial charge in [-0.25, -0.2) is 0 Å². The van der Waals surface area contributed by atoms with E-state index >= 15 is 0 Å². The molecule has 0 radical (unpaired) electrons. The highest BCUT2D eigenvalue weighted by atomic mass is 32.2. The fraction of sp³-hybridized carbons (Fsp3) is 0.667. The van der Waals surface area contributed by atoms with E-state index in [1.54, 1.807) is 0 Å². The number of carboxylic acids is 2. The molecule has 1 rings (SSSR count). The van der Waals surface area contributed by atoms with Crippen molar-refractivity contribution in [3.8, 4) is 0 Å². The van der Waals surface area contributed by atoms with Gasteiger partial charge in [-0.3, -0.25) is 9.59 Å². The number of hydrogen-bond donors (Lipinski definition) is 2. The van der Waals surface area contributed by atoms with Crippen LogP contribution in [-0.4, -0.2) is 32.7 Å². The molecule has 2 unspecified atom stereocenters. The molecule has 1 aliphatic heterocycles. The minimum absolute atomic E-state index is 0.413. The Morgan fingerprint density at radius 1 is 1.55 bits per heavy atom. The van der Waals surface area contributed by atoms with Crippen LogP contribution >= 0.6 is 11.8 Å². The van der Waals surface area contributed by atoms with Gasteiger partial charge in [-0.05, 0) is 6.92 Å². The summed E-state index contributed by atoms with van der Waals surface area (Å²) in [5.41, 5.74) is 0. The predicted octanol–water partition coefficient (Wildman–Crippen LogP) is 0.277. The van der Waals surface area contributed by atoms with E-state index in [0.29, 0.717) is 5.75 Å². The van der Waals surface area contributed by atoms with Gasteiger partial charge in [0.25, 0.3) is 0 Å². The fourth-order valence-electron chi connectivity index (χ4n) is 0.836. The maximum atomic E-state index is 10.5. The molecule has 11 heavy (non-hydrogen) atoms. The zero-order valence-corrected chi connectivity index (χ0v) is 6.72. The zero-order chi connectivity index (χ0) is 8.65.